The second kappa shape index (κ2) is 5.83. The molecule has 1 unspecified atom stereocenters. The number of pyridine rings is 1. The standard InChI is InChI=1S/C14H17ClN2S/c1-4-17-13(11-7-16-6-5-9(11)2)14-12(15)10(3)8-18-14/h5-8,13,17H,4H2,1-3H3. The van der Waals surface area contributed by atoms with Gasteiger partial charge in [-0.05, 0) is 48.5 Å². The van der Waals surface area contributed by atoms with Gasteiger partial charge in [-0.1, -0.05) is 18.5 Å². The summed E-state index contributed by atoms with van der Waals surface area (Å²) in [5.41, 5.74) is 3.57. The summed E-state index contributed by atoms with van der Waals surface area (Å²) in [7, 11) is 0. The molecule has 0 spiro atoms. The molecule has 0 aliphatic rings. The highest BCUT2D eigenvalue weighted by atomic mass is 35.5. The van der Waals surface area contributed by atoms with Gasteiger partial charge in [0.15, 0.2) is 0 Å². The fraction of sp³-hybridized carbons (Fsp3) is 0.357. The van der Waals surface area contributed by atoms with E-state index in [1.807, 2.05) is 25.4 Å². The van der Waals surface area contributed by atoms with Crippen LogP contribution in [0.25, 0.3) is 0 Å². The van der Waals surface area contributed by atoms with Crippen molar-refractivity contribution in [2.45, 2.75) is 26.8 Å². The lowest BCUT2D eigenvalue weighted by Crippen LogP contribution is -2.22. The molecule has 2 rings (SSSR count). The molecule has 96 valence electrons. The summed E-state index contributed by atoms with van der Waals surface area (Å²) in [6, 6.07) is 2.17. The maximum Gasteiger partial charge on any atom is 0.0703 e. The van der Waals surface area contributed by atoms with Crippen LogP contribution in [0.1, 0.15) is 34.5 Å². The zero-order chi connectivity index (χ0) is 13.1. The van der Waals surface area contributed by atoms with E-state index in [4.69, 9.17) is 11.6 Å². The molecule has 4 heteroatoms. The third kappa shape index (κ3) is 2.58. The van der Waals surface area contributed by atoms with Crippen LogP contribution in [0.5, 0.6) is 0 Å². The highest BCUT2D eigenvalue weighted by Gasteiger charge is 2.20. The number of halogens is 1. The van der Waals surface area contributed by atoms with Gasteiger partial charge >= 0.3 is 0 Å². The Kier molecular flexibility index (Phi) is 4.38. The van der Waals surface area contributed by atoms with Crippen LogP contribution in [0.2, 0.25) is 5.02 Å². The summed E-state index contributed by atoms with van der Waals surface area (Å²) in [6.07, 6.45) is 3.75. The molecule has 0 bridgehead atoms. The van der Waals surface area contributed by atoms with Crippen molar-refractivity contribution in [2.75, 3.05) is 6.54 Å². The van der Waals surface area contributed by atoms with Crippen molar-refractivity contribution in [1.82, 2.24) is 10.3 Å². The summed E-state index contributed by atoms with van der Waals surface area (Å²) < 4.78 is 0. The average Bonchev–Trinajstić information content (AvgIpc) is 2.69. The van der Waals surface area contributed by atoms with Crippen LogP contribution in [0.4, 0.5) is 0 Å². The lowest BCUT2D eigenvalue weighted by Gasteiger charge is -2.19. The van der Waals surface area contributed by atoms with Crippen molar-refractivity contribution in [3.63, 3.8) is 0 Å². The van der Waals surface area contributed by atoms with Gasteiger partial charge in [-0.25, -0.2) is 0 Å². The van der Waals surface area contributed by atoms with Gasteiger partial charge in [0.05, 0.1) is 11.1 Å². The van der Waals surface area contributed by atoms with Crippen LogP contribution >= 0.6 is 22.9 Å². The van der Waals surface area contributed by atoms with Crippen LogP contribution in [-0.4, -0.2) is 11.5 Å². The minimum Gasteiger partial charge on any atom is -0.306 e. The maximum atomic E-state index is 6.39. The van der Waals surface area contributed by atoms with Crippen molar-refractivity contribution >= 4 is 22.9 Å². The molecule has 1 N–H and O–H groups in total. The maximum absolute atomic E-state index is 6.39. The van der Waals surface area contributed by atoms with Gasteiger partial charge in [-0.3, -0.25) is 4.98 Å². The second-order valence-electron chi connectivity index (χ2n) is 4.32. The fourth-order valence-electron chi connectivity index (χ4n) is 1.97. The van der Waals surface area contributed by atoms with Crippen LogP contribution < -0.4 is 5.32 Å². The van der Waals surface area contributed by atoms with Crippen molar-refractivity contribution < 1.29 is 0 Å². The summed E-state index contributed by atoms with van der Waals surface area (Å²) in [4.78, 5) is 5.41. The summed E-state index contributed by atoms with van der Waals surface area (Å²) in [5, 5.41) is 6.47. The van der Waals surface area contributed by atoms with E-state index in [2.05, 4.69) is 29.5 Å². The Morgan fingerprint density at radius 3 is 2.72 bits per heavy atom. The first-order valence-corrected chi connectivity index (χ1v) is 7.28. The molecule has 0 radical (unpaired) electrons. The lowest BCUT2D eigenvalue weighted by atomic mass is 10.0. The molecule has 0 saturated carbocycles. The number of aromatic nitrogens is 1. The number of aryl methyl sites for hydroxylation is 2. The number of rotatable bonds is 4. The largest absolute Gasteiger partial charge is 0.306 e. The van der Waals surface area contributed by atoms with E-state index in [-0.39, 0.29) is 6.04 Å². The molecule has 0 amide bonds. The number of hydrogen-bond acceptors (Lipinski definition) is 3. The Morgan fingerprint density at radius 1 is 1.39 bits per heavy atom. The Hall–Kier alpha value is -0.900. The van der Waals surface area contributed by atoms with Gasteiger partial charge in [0.25, 0.3) is 0 Å². The van der Waals surface area contributed by atoms with E-state index in [1.165, 1.54) is 16.0 Å². The van der Waals surface area contributed by atoms with Gasteiger partial charge in [0.1, 0.15) is 0 Å². The third-order valence-electron chi connectivity index (χ3n) is 2.99. The fourth-order valence-corrected chi connectivity index (χ4v) is 3.37. The third-order valence-corrected chi connectivity index (χ3v) is 4.77. The van der Waals surface area contributed by atoms with Gasteiger partial charge in [-0.15, -0.1) is 11.3 Å². The predicted octanol–water partition coefficient (Wildman–Crippen LogP) is 4.11. The normalized spacial score (nSPS) is 12.7. The van der Waals surface area contributed by atoms with E-state index in [0.29, 0.717) is 0 Å². The monoisotopic (exact) mass is 280 g/mol. The number of nitrogens with zero attached hydrogens (tertiary/aromatic N) is 1. The Bertz CT molecular complexity index is 536. The first-order valence-electron chi connectivity index (χ1n) is 6.02. The Balaban J connectivity index is 2.47. The highest BCUT2D eigenvalue weighted by Crippen LogP contribution is 2.36. The summed E-state index contributed by atoms with van der Waals surface area (Å²) in [6.45, 7) is 7.15. The van der Waals surface area contributed by atoms with E-state index < -0.39 is 0 Å². The second-order valence-corrected chi connectivity index (χ2v) is 5.61. The van der Waals surface area contributed by atoms with Gasteiger partial charge < -0.3 is 5.32 Å². The van der Waals surface area contributed by atoms with Crippen molar-refractivity contribution in [3.8, 4) is 0 Å². The van der Waals surface area contributed by atoms with Crippen molar-refractivity contribution in [1.29, 1.82) is 0 Å². The van der Waals surface area contributed by atoms with E-state index in [9.17, 15) is 0 Å². The molecule has 2 aromatic rings. The first-order chi connectivity index (χ1) is 8.65. The number of thiophene rings is 1. The first kappa shape index (κ1) is 13.5. The predicted molar refractivity (Wildman–Crippen MR) is 78.6 cm³/mol. The molecule has 0 aromatic carbocycles. The van der Waals surface area contributed by atoms with Gasteiger partial charge in [0.2, 0.25) is 0 Å². The topological polar surface area (TPSA) is 24.9 Å². The quantitative estimate of drug-likeness (QED) is 0.912. The Labute approximate surface area is 117 Å². The van der Waals surface area contributed by atoms with Gasteiger partial charge in [-0.2, -0.15) is 0 Å². The van der Waals surface area contributed by atoms with E-state index in [0.717, 1.165) is 17.1 Å². The van der Waals surface area contributed by atoms with Crippen LogP contribution in [0.15, 0.2) is 23.8 Å². The molecule has 18 heavy (non-hydrogen) atoms. The van der Waals surface area contributed by atoms with Crippen molar-refractivity contribution in [3.05, 3.63) is 50.4 Å². The molecule has 2 nitrogen and oxygen atoms in total. The summed E-state index contributed by atoms with van der Waals surface area (Å²) in [5.74, 6) is 0. The zero-order valence-electron chi connectivity index (χ0n) is 10.8. The van der Waals surface area contributed by atoms with Crippen LogP contribution in [0, 0.1) is 13.8 Å². The molecule has 0 fully saturated rings. The molecule has 2 heterocycles. The summed E-state index contributed by atoms with van der Waals surface area (Å²) >= 11 is 8.10. The smallest absolute Gasteiger partial charge is 0.0703 e. The van der Waals surface area contributed by atoms with E-state index >= 15 is 0 Å². The SMILES string of the molecule is CCNC(c1cnccc1C)c1scc(C)c1Cl. The van der Waals surface area contributed by atoms with Crippen LogP contribution in [-0.2, 0) is 0 Å². The number of hydrogen-bond donors (Lipinski definition) is 1. The Morgan fingerprint density at radius 2 is 2.17 bits per heavy atom. The molecule has 0 aliphatic heterocycles. The minimum absolute atomic E-state index is 0.134. The average molecular weight is 281 g/mol. The molecule has 0 saturated heterocycles. The molecule has 1 atom stereocenters. The van der Waals surface area contributed by atoms with Crippen LogP contribution in [0.3, 0.4) is 0 Å². The zero-order valence-corrected chi connectivity index (χ0v) is 12.4. The minimum atomic E-state index is 0.134. The van der Waals surface area contributed by atoms with Crippen molar-refractivity contribution in [2.24, 2.45) is 0 Å². The molecular weight excluding hydrogens is 264 g/mol. The number of nitrogens with one attached hydrogen (secondary N) is 1. The lowest BCUT2D eigenvalue weighted by molar-refractivity contribution is 0.634. The molecule has 0 aliphatic carbocycles. The van der Waals surface area contributed by atoms with E-state index in [1.54, 1.807) is 11.3 Å². The van der Waals surface area contributed by atoms with Gasteiger partial charge in [0, 0.05) is 17.3 Å². The molecule has 2 aromatic heterocycles. The highest BCUT2D eigenvalue weighted by molar-refractivity contribution is 7.10. The molecular formula is C14H17ClN2S.